The van der Waals surface area contributed by atoms with Gasteiger partial charge >= 0.3 is 0 Å². The lowest BCUT2D eigenvalue weighted by molar-refractivity contribution is 0.0672. The molecule has 1 heterocycles. The van der Waals surface area contributed by atoms with Gasteiger partial charge in [0.1, 0.15) is 12.4 Å². The number of piperazine rings is 1. The van der Waals surface area contributed by atoms with Crippen LogP contribution in [0.5, 0.6) is 5.75 Å². The number of aryl methyl sites for hydroxylation is 1. The van der Waals surface area contributed by atoms with Crippen LogP contribution in [-0.2, 0) is 24.4 Å². The molecule has 0 unspecified atom stereocenters. The van der Waals surface area contributed by atoms with Crippen molar-refractivity contribution in [1.82, 2.24) is 9.80 Å². The molecular weight excluding hydrogens is 408 g/mol. The molecule has 0 amide bonds. The molecule has 0 atom stereocenters. The van der Waals surface area contributed by atoms with Crippen LogP contribution in [0, 0.1) is 0 Å². The van der Waals surface area contributed by atoms with Crippen molar-refractivity contribution in [2.75, 3.05) is 45.9 Å². The fraction of sp³-hybridized carbons (Fsp3) is 0.379. The van der Waals surface area contributed by atoms with Crippen molar-refractivity contribution in [3.63, 3.8) is 0 Å². The summed E-state index contributed by atoms with van der Waals surface area (Å²) in [7, 11) is 0. The first kappa shape index (κ1) is 23.5. The molecule has 4 rings (SSSR count). The van der Waals surface area contributed by atoms with Crippen molar-refractivity contribution in [2.24, 2.45) is 0 Å². The van der Waals surface area contributed by atoms with Gasteiger partial charge < -0.3 is 14.4 Å². The van der Waals surface area contributed by atoms with E-state index in [0.717, 1.165) is 50.6 Å². The highest BCUT2D eigenvalue weighted by atomic mass is 16.5. The van der Waals surface area contributed by atoms with Gasteiger partial charge in [-0.3, -0.25) is 4.90 Å². The van der Waals surface area contributed by atoms with Gasteiger partial charge in [-0.05, 0) is 36.6 Å². The normalized spacial score (nSPS) is 14.9. The SMILES string of the molecule is c1ccc(CCCN2CCN(CCOCc3ccccc3OCc3ccccc3)CC2)cc1. The summed E-state index contributed by atoms with van der Waals surface area (Å²) in [6.45, 7) is 8.68. The topological polar surface area (TPSA) is 24.9 Å². The summed E-state index contributed by atoms with van der Waals surface area (Å²) in [5, 5.41) is 0. The van der Waals surface area contributed by atoms with Gasteiger partial charge in [0.25, 0.3) is 0 Å². The lowest BCUT2D eigenvalue weighted by Gasteiger charge is -2.34. The number of benzene rings is 3. The molecule has 0 radical (unpaired) electrons. The van der Waals surface area contributed by atoms with Crippen LogP contribution in [0.1, 0.15) is 23.1 Å². The van der Waals surface area contributed by atoms with Gasteiger partial charge in [0.15, 0.2) is 0 Å². The zero-order valence-electron chi connectivity index (χ0n) is 19.6. The number of rotatable bonds is 12. The third-order valence-electron chi connectivity index (χ3n) is 6.27. The van der Waals surface area contributed by atoms with Gasteiger partial charge in [-0.15, -0.1) is 0 Å². The van der Waals surface area contributed by atoms with Crippen molar-refractivity contribution in [3.05, 3.63) is 102 Å². The smallest absolute Gasteiger partial charge is 0.125 e. The zero-order valence-corrected chi connectivity index (χ0v) is 19.6. The standard InChI is InChI=1S/C29H36N2O2/c1-3-10-26(11-4-1)14-9-17-30-18-20-31(21-19-30)22-23-32-25-28-15-7-8-16-29(28)33-24-27-12-5-2-6-13-27/h1-8,10-13,15-16H,9,14,17-25H2. The molecule has 0 saturated carbocycles. The van der Waals surface area contributed by atoms with E-state index >= 15 is 0 Å². The van der Waals surface area contributed by atoms with Crippen LogP contribution in [0.3, 0.4) is 0 Å². The van der Waals surface area contributed by atoms with Gasteiger partial charge in [-0.1, -0.05) is 78.9 Å². The Morgan fingerprint density at radius 2 is 1.21 bits per heavy atom. The molecule has 3 aromatic rings. The Bertz CT molecular complexity index is 925. The van der Waals surface area contributed by atoms with Crippen molar-refractivity contribution in [1.29, 1.82) is 0 Å². The van der Waals surface area contributed by atoms with Crippen LogP contribution in [0.25, 0.3) is 0 Å². The third kappa shape index (κ3) is 8.01. The molecule has 3 aromatic carbocycles. The molecule has 0 spiro atoms. The van der Waals surface area contributed by atoms with Gasteiger partial charge in [0.2, 0.25) is 0 Å². The number of hydrogen-bond acceptors (Lipinski definition) is 4. The molecule has 1 fully saturated rings. The van der Waals surface area contributed by atoms with Crippen LogP contribution in [-0.4, -0.2) is 55.7 Å². The Hall–Kier alpha value is -2.66. The molecular formula is C29H36N2O2. The zero-order chi connectivity index (χ0) is 22.6. The average molecular weight is 445 g/mol. The third-order valence-corrected chi connectivity index (χ3v) is 6.27. The lowest BCUT2D eigenvalue weighted by Crippen LogP contribution is -2.47. The maximum Gasteiger partial charge on any atom is 0.125 e. The molecule has 174 valence electrons. The molecule has 4 nitrogen and oxygen atoms in total. The first-order valence-corrected chi connectivity index (χ1v) is 12.2. The van der Waals surface area contributed by atoms with E-state index in [0.29, 0.717) is 13.2 Å². The van der Waals surface area contributed by atoms with E-state index in [9.17, 15) is 0 Å². The number of para-hydroxylation sites is 1. The van der Waals surface area contributed by atoms with Gasteiger partial charge in [0, 0.05) is 38.3 Å². The summed E-state index contributed by atoms with van der Waals surface area (Å²) in [6.07, 6.45) is 2.41. The summed E-state index contributed by atoms with van der Waals surface area (Å²) in [4.78, 5) is 5.12. The minimum absolute atomic E-state index is 0.577. The van der Waals surface area contributed by atoms with E-state index in [2.05, 4.69) is 58.3 Å². The average Bonchev–Trinajstić information content (AvgIpc) is 2.88. The molecule has 0 aliphatic carbocycles. The molecule has 0 N–H and O–H groups in total. The van der Waals surface area contributed by atoms with Gasteiger partial charge in [-0.25, -0.2) is 0 Å². The van der Waals surface area contributed by atoms with Crippen LogP contribution >= 0.6 is 0 Å². The second-order valence-electron chi connectivity index (χ2n) is 8.71. The molecule has 4 heteroatoms. The molecule has 1 aliphatic heterocycles. The minimum atomic E-state index is 0.577. The van der Waals surface area contributed by atoms with E-state index in [-0.39, 0.29) is 0 Å². The maximum absolute atomic E-state index is 6.05. The van der Waals surface area contributed by atoms with Crippen molar-refractivity contribution in [3.8, 4) is 5.75 Å². The fourth-order valence-corrected chi connectivity index (χ4v) is 4.26. The summed E-state index contributed by atoms with van der Waals surface area (Å²) in [5.74, 6) is 0.908. The summed E-state index contributed by atoms with van der Waals surface area (Å²) < 4.78 is 12.1. The second kappa shape index (κ2) is 13.1. The van der Waals surface area contributed by atoms with E-state index in [4.69, 9.17) is 9.47 Å². The Morgan fingerprint density at radius 1 is 0.606 bits per heavy atom. The predicted molar refractivity (Wildman–Crippen MR) is 135 cm³/mol. The van der Waals surface area contributed by atoms with Crippen molar-refractivity contribution in [2.45, 2.75) is 26.1 Å². The van der Waals surface area contributed by atoms with Crippen LogP contribution in [0.15, 0.2) is 84.9 Å². The number of nitrogens with zero attached hydrogens (tertiary/aromatic N) is 2. The Labute approximate surface area is 198 Å². The minimum Gasteiger partial charge on any atom is -0.489 e. The number of hydrogen-bond donors (Lipinski definition) is 0. The van der Waals surface area contributed by atoms with Crippen LogP contribution in [0.4, 0.5) is 0 Å². The summed E-state index contributed by atoms with van der Waals surface area (Å²) >= 11 is 0. The highest BCUT2D eigenvalue weighted by molar-refractivity contribution is 5.33. The Kier molecular flexibility index (Phi) is 9.36. The highest BCUT2D eigenvalue weighted by Crippen LogP contribution is 2.20. The highest BCUT2D eigenvalue weighted by Gasteiger charge is 2.16. The second-order valence-corrected chi connectivity index (χ2v) is 8.71. The summed E-state index contributed by atoms with van der Waals surface area (Å²) in [6, 6.07) is 29.3. The van der Waals surface area contributed by atoms with Crippen molar-refractivity contribution < 1.29 is 9.47 Å². The molecule has 1 aliphatic rings. The lowest BCUT2D eigenvalue weighted by atomic mass is 10.1. The quantitative estimate of drug-likeness (QED) is 0.366. The Morgan fingerprint density at radius 3 is 1.94 bits per heavy atom. The predicted octanol–water partition coefficient (Wildman–Crippen LogP) is 5.03. The van der Waals surface area contributed by atoms with Crippen molar-refractivity contribution >= 4 is 0 Å². The largest absolute Gasteiger partial charge is 0.489 e. The molecule has 1 saturated heterocycles. The van der Waals surface area contributed by atoms with Crippen LogP contribution in [0.2, 0.25) is 0 Å². The number of ether oxygens (including phenoxy) is 2. The van der Waals surface area contributed by atoms with E-state index in [1.165, 1.54) is 30.5 Å². The maximum atomic E-state index is 6.05. The van der Waals surface area contributed by atoms with Crippen LogP contribution < -0.4 is 4.74 Å². The fourth-order valence-electron chi connectivity index (χ4n) is 4.26. The molecule has 0 bridgehead atoms. The first-order valence-electron chi connectivity index (χ1n) is 12.2. The molecule has 0 aromatic heterocycles. The first-order chi connectivity index (χ1) is 16.4. The summed E-state index contributed by atoms with van der Waals surface area (Å²) in [5.41, 5.74) is 3.73. The molecule has 33 heavy (non-hydrogen) atoms. The van der Waals surface area contributed by atoms with E-state index in [1.54, 1.807) is 0 Å². The monoisotopic (exact) mass is 444 g/mol. The Balaban J connectivity index is 1.10. The van der Waals surface area contributed by atoms with E-state index in [1.807, 2.05) is 36.4 Å². The van der Waals surface area contributed by atoms with Gasteiger partial charge in [-0.2, -0.15) is 0 Å². The van der Waals surface area contributed by atoms with E-state index < -0.39 is 0 Å². The van der Waals surface area contributed by atoms with Gasteiger partial charge in [0.05, 0.1) is 13.2 Å².